The number of hydrogen-bond acceptors (Lipinski definition) is 2. The molecule has 0 saturated carbocycles. The molecule has 0 saturated heterocycles. The molecule has 1 aromatic carbocycles. The lowest BCUT2D eigenvalue weighted by atomic mass is 10.0. The van der Waals surface area contributed by atoms with Gasteiger partial charge in [0, 0.05) is 4.47 Å². The zero-order valence-electron chi connectivity index (χ0n) is 10.7. The van der Waals surface area contributed by atoms with Gasteiger partial charge in [-0.05, 0) is 38.5 Å². The van der Waals surface area contributed by atoms with Gasteiger partial charge in [0.1, 0.15) is 5.60 Å². The number of alkyl halides is 1. The Labute approximate surface area is 115 Å². The Morgan fingerprint density at radius 3 is 2.28 bits per heavy atom. The highest BCUT2D eigenvalue weighted by atomic mass is 79.9. The fourth-order valence-corrected chi connectivity index (χ4v) is 1.54. The van der Waals surface area contributed by atoms with Crippen LogP contribution in [-0.2, 0) is 9.53 Å². The average Bonchev–Trinajstić information content (AvgIpc) is 2.26. The van der Waals surface area contributed by atoms with E-state index in [1.54, 1.807) is 45.0 Å². The Kier molecular flexibility index (Phi) is 4.68. The topological polar surface area (TPSA) is 26.3 Å². The van der Waals surface area contributed by atoms with Gasteiger partial charge in [0.05, 0.1) is 5.57 Å². The maximum absolute atomic E-state index is 14.1. The quantitative estimate of drug-likeness (QED) is 0.612. The number of carbonyl (C=O) groups is 1. The van der Waals surface area contributed by atoms with E-state index < -0.39 is 17.7 Å². The number of halogens is 2. The predicted molar refractivity (Wildman–Crippen MR) is 73.0 cm³/mol. The minimum Gasteiger partial charge on any atom is -0.457 e. The van der Waals surface area contributed by atoms with Gasteiger partial charge in [-0.15, -0.1) is 0 Å². The maximum Gasteiger partial charge on any atom is 0.337 e. The zero-order chi connectivity index (χ0) is 13.9. The van der Waals surface area contributed by atoms with Crippen molar-refractivity contribution in [3.05, 3.63) is 46.5 Å². The minimum atomic E-state index is -1.55. The normalized spacial score (nSPS) is 12.9. The zero-order valence-corrected chi connectivity index (χ0v) is 12.3. The number of hydrogen-bond donors (Lipinski definition) is 0. The first kappa shape index (κ1) is 14.9. The summed E-state index contributed by atoms with van der Waals surface area (Å²) in [6.45, 7) is 8.66. The molecule has 0 bridgehead atoms. The van der Waals surface area contributed by atoms with Gasteiger partial charge >= 0.3 is 5.97 Å². The van der Waals surface area contributed by atoms with E-state index in [4.69, 9.17) is 4.74 Å². The largest absolute Gasteiger partial charge is 0.457 e. The number of carbonyl (C=O) groups excluding carboxylic acids is 1. The van der Waals surface area contributed by atoms with E-state index in [0.717, 1.165) is 4.47 Å². The number of benzene rings is 1. The van der Waals surface area contributed by atoms with Crippen molar-refractivity contribution in [2.45, 2.75) is 32.5 Å². The highest BCUT2D eigenvalue weighted by Crippen LogP contribution is 2.27. The lowest BCUT2D eigenvalue weighted by Gasteiger charge is -2.21. The highest BCUT2D eigenvalue weighted by Gasteiger charge is 2.25. The smallest absolute Gasteiger partial charge is 0.337 e. The van der Waals surface area contributed by atoms with Crippen LogP contribution in [0.1, 0.15) is 32.5 Å². The van der Waals surface area contributed by atoms with Gasteiger partial charge in [-0.3, -0.25) is 0 Å². The van der Waals surface area contributed by atoms with Crippen LogP contribution < -0.4 is 0 Å². The summed E-state index contributed by atoms with van der Waals surface area (Å²) in [5.74, 6) is -0.710. The third-order valence-corrected chi connectivity index (χ3v) is 2.66. The van der Waals surface area contributed by atoms with Crippen molar-refractivity contribution >= 4 is 21.9 Å². The van der Waals surface area contributed by atoms with Gasteiger partial charge in [-0.2, -0.15) is 0 Å². The van der Waals surface area contributed by atoms with Crippen LogP contribution in [0.4, 0.5) is 4.39 Å². The summed E-state index contributed by atoms with van der Waals surface area (Å²) >= 11 is 3.26. The summed E-state index contributed by atoms with van der Waals surface area (Å²) in [5.41, 5.74) is -0.458. The fourth-order valence-electron chi connectivity index (χ4n) is 1.28. The van der Waals surface area contributed by atoms with Gasteiger partial charge < -0.3 is 4.74 Å². The molecule has 0 spiro atoms. The third kappa shape index (κ3) is 4.26. The first-order chi connectivity index (χ1) is 8.20. The Morgan fingerprint density at radius 1 is 1.33 bits per heavy atom. The summed E-state index contributed by atoms with van der Waals surface area (Å²) < 4.78 is 20.0. The Balaban J connectivity index is 2.78. The molecule has 0 aliphatic carbocycles. The summed E-state index contributed by atoms with van der Waals surface area (Å²) in [5, 5.41) is 0. The van der Waals surface area contributed by atoms with E-state index in [0.29, 0.717) is 5.56 Å². The van der Waals surface area contributed by atoms with Crippen LogP contribution in [-0.4, -0.2) is 11.6 Å². The molecule has 1 rings (SSSR count). The maximum atomic E-state index is 14.1. The third-order valence-electron chi connectivity index (χ3n) is 2.13. The molecule has 0 N–H and O–H groups in total. The van der Waals surface area contributed by atoms with E-state index in [1.165, 1.54) is 0 Å². The summed E-state index contributed by atoms with van der Waals surface area (Å²) in [6, 6.07) is 6.63. The van der Waals surface area contributed by atoms with Gasteiger partial charge in [0.15, 0.2) is 6.17 Å². The van der Waals surface area contributed by atoms with Crippen LogP contribution in [0.2, 0.25) is 0 Å². The van der Waals surface area contributed by atoms with Crippen LogP contribution in [0, 0.1) is 0 Å². The lowest BCUT2D eigenvalue weighted by molar-refractivity contribution is -0.150. The number of rotatable bonds is 3. The molecule has 0 amide bonds. The summed E-state index contributed by atoms with van der Waals surface area (Å²) in [6.07, 6.45) is -1.55. The highest BCUT2D eigenvalue weighted by molar-refractivity contribution is 9.10. The Bertz CT molecular complexity index is 446. The van der Waals surface area contributed by atoms with E-state index >= 15 is 0 Å². The summed E-state index contributed by atoms with van der Waals surface area (Å²) in [7, 11) is 0. The molecule has 0 aromatic heterocycles. The van der Waals surface area contributed by atoms with Crippen molar-refractivity contribution < 1.29 is 13.9 Å². The second-order valence-electron chi connectivity index (χ2n) is 4.94. The van der Waals surface area contributed by atoms with E-state index in [1.807, 2.05) is 0 Å². The van der Waals surface area contributed by atoms with Crippen LogP contribution in [0.15, 0.2) is 40.9 Å². The molecule has 2 nitrogen and oxygen atoms in total. The molecule has 0 aliphatic heterocycles. The van der Waals surface area contributed by atoms with Crippen LogP contribution in [0.25, 0.3) is 0 Å². The van der Waals surface area contributed by atoms with Crippen LogP contribution >= 0.6 is 15.9 Å². The van der Waals surface area contributed by atoms with Crippen LogP contribution in [0.3, 0.4) is 0 Å². The van der Waals surface area contributed by atoms with Crippen molar-refractivity contribution in [2.24, 2.45) is 0 Å². The van der Waals surface area contributed by atoms with Crippen molar-refractivity contribution in [1.29, 1.82) is 0 Å². The first-order valence-corrected chi connectivity index (χ1v) is 6.31. The fraction of sp³-hybridized carbons (Fsp3) is 0.357. The van der Waals surface area contributed by atoms with Gasteiger partial charge in [-0.1, -0.05) is 34.6 Å². The van der Waals surface area contributed by atoms with Crippen molar-refractivity contribution in [1.82, 2.24) is 0 Å². The number of ether oxygens (including phenoxy) is 1. The predicted octanol–water partition coefficient (Wildman–Crippen LogP) is 4.36. The molecule has 98 valence electrons. The Hall–Kier alpha value is -1.16. The Morgan fingerprint density at radius 2 is 1.83 bits per heavy atom. The monoisotopic (exact) mass is 314 g/mol. The second kappa shape index (κ2) is 5.65. The molecule has 0 aliphatic rings. The molecule has 0 radical (unpaired) electrons. The van der Waals surface area contributed by atoms with Crippen molar-refractivity contribution in [3.63, 3.8) is 0 Å². The molecule has 1 atom stereocenters. The van der Waals surface area contributed by atoms with Crippen molar-refractivity contribution in [3.8, 4) is 0 Å². The first-order valence-electron chi connectivity index (χ1n) is 5.52. The molecular formula is C14H16BrFO2. The van der Waals surface area contributed by atoms with Gasteiger partial charge in [0.2, 0.25) is 0 Å². The second-order valence-corrected chi connectivity index (χ2v) is 5.86. The molecule has 1 aromatic rings. The lowest BCUT2D eigenvalue weighted by Crippen LogP contribution is -2.25. The molecular weight excluding hydrogens is 299 g/mol. The molecule has 0 fully saturated rings. The standard InChI is InChI=1S/C14H16BrFO2/c1-9(13(17)18-14(2,3)4)12(16)10-5-7-11(15)8-6-10/h5-8,12H,1H2,2-4H3. The van der Waals surface area contributed by atoms with E-state index in [9.17, 15) is 9.18 Å². The molecule has 1 unspecified atom stereocenters. The van der Waals surface area contributed by atoms with Crippen molar-refractivity contribution in [2.75, 3.05) is 0 Å². The van der Waals surface area contributed by atoms with Crippen LogP contribution in [0.5, 0.6) is 0 Å². The molecule has 0 heterocycles. The summed E-state index contributed by atoms with van der Waals surface area (Å²) in [4.78, 5) is 11.7. The average molecular weight is 315 g/mol. The molecule has 4 heteroatoms. The SMILES string of the molecule is C=C(C(=O)OC(C)(C)C)C(F)c1ccc(Br)cc1. The minimum absolute atomic E-state index is 0.188. The van der Waals surface area contributed by atoms with Gasteiger partial charge in [0.25, 0.3) is 0 Å². The number of esters is 1. The molecule has 18 heavy (non-hydrogen) atoms. The van der Waals surface area contributed by atoms with E-state index in [-0.39, 0.29) is 5.57 Å². The van der Waals surface area contributed by atoms with E-state index in [2.05, 4.69) is 22.5 Å². The van der Waals surface area contributed by atoms with Gasteiger partial charge in [-0.25, -0.2) is 9.18 Å².